The molecular weight excluding hydrogens is 316 g/mol. The van der Waals surface area contributed by atoms with E-state index in [9.17, 15) is 4.79 Å². The van der Waals surface area contributed by atoms with Crippen LogP contribution < -0.4 is 10.1 Å². The average molecular weight is 346 g/mol. The number of nitrogens with zero attached hydrogens (tertiary/aromatic N) is 1. The van der Waals surface area contributed by atoms with Crippen LogP contribution >= 0.6 is 0 Å². The Hall–Kier alpha value is -1.59. The van der Waals surface area contributed by atoms with Crippen LogP contribution in [0.2, 0.25) is 0 Å². The molecule has 138 valence electrons. The van der Waals surface area contributed by atoms with Crippen LogP contribution in [0.25, 0.3) is 0 Å². The highest BCUT2D eigenvalue weighted by Gasteiger charge is 2.27. The molecular formula is C20H30N2O3. The Morgan fingerprint density at radius 2 is 1.96 bits per heavy atom. The monoisotopic (exact) mass is 346 g/mol. The number of hydrogen-bond acceptors (Lipinski definition) is 4. The molecule has 1 atom stereocenters. The van der Waals surface area contributed by atoms with E-state index in [1.54, 1.807) is 0 Å². The predicted octanol–water partition coefficient (Wildman–Crippen LogP) is 2.70. The minimum Gasteiger partial charge on any atom is -0.491 e. The van der Waals surface area contributed by atoms with Gasteiger partial charge in [-0.2, -0.15) is 0 Å². The number of rotatable bonds is 6. The lowest BCUT2D eigenvalue weighted by Crippen LogP contribution is -2.43. The zero-order valence-corrected chi connectivity index (χ0v) is 15.4. The van der Waals surface area contributed by atoms with E-state index in [0.29, 0.717) is 17.5 Å². The van der Waals surface area contributed by atoms with Crippen LogP contribution in [0.15, 0.2) is 24.3 Å². The highest BCUT2D eigenvalue weighted by Crippen LogP contribution is 2.22. The zero-order valence-electron chi connectivity index (χ0n) is 15.4. The molecule has 2 fully saturated rings. The van der Waals surface area contributed by atoms with Crippen molar-refractivity contribution in [3.8, 4) is 5.75 Å². The van der Waals surface area contributed by atoms with Gasteiger partial charge in [0.05, 0.1) is 12.7 Å². The van der Waals surface area contributed by atoms with E-state index >= 15 is 0 Å². The van der Waals surface area contributed by atoms with Gasteiger partial charge in [-0.3, -0.25) is 9.69 Å². The van der Waals surface area contributed by atoms with E-state index in [1.807, 2.05) is 38.1 Å². The van der Waals surface area contributed by atoms with Gasteiger partial charge < -0.3 is 14.8 Å². The molecule has 0 bridgehead atoms. The third-order valence-electron chi connectivity index (χ3n) is 5.11. The quantitative estimate of drug-likeness (QED) is 0.860. The lowest BCUT2D eigenvalue weighted by atomic mass is 9.95. The second kappa shape index (κ2) is 8.68. The van der Waals surface area contributed by atoms with E-state index in [2.05, 4.69) is 10.2 Å². The van der Waals surface area contributed by atoms with Gasteiger partial charge in [0.2, 0.25) is 0 Å². The van der Waals surface area contributed by atoms with Crippen LogP contribution in [-0.2, 0) is 4.74 Å². The fraction of sp³-hybridized carbons (Fsp3) is 0.650. The first kappa shape index (κ1) is 18.2. The highest BCUT2D eigenvalue weighted by atomic mass is 16.5. The van der Waals surface area contributed by atoms with Crippen molar-refractivity contribution in [1.29, 1.82) is 0 Å². The molecule has 0 radical (unpaired) electrons. The molecule has 5 heteroatoms. The summed E-state index contributed by atoms with van der Waals surface area (Å²) in [7, 11) is 0. The topological polar surface area (TPSA) is 50.8 Å². The first-order chi connectivity index (χ1) is 12.1. The van der Waals surface area contributed by atoms with E-state index in [1.165, 1.54) is 0 Å². The fourth-order valence-corrected chi connectivity index (χ4v) is 3.63. The molecule has 1 aromatic rings. The maximum absolute atomic E-state index is 12.3. The molecule has 0 aromatic heterocycles. The molecule has 0 aliphatic carbocycles. The van der Waals surface area contributed by atoms with Gasteiger partial charge in [0.25, 0.3) is 5.91 Å². The van der Waals surface area contributed by atoms with Crippen molar-refractivity contribution in [2.75, 3.05) is 32.8 Å². The normalized spacial score (nSPS) is 22.3. The van der Waals surface area contributed by atoms with Crippen molar-refractivity contribution in [2.45, 2.75) is 45.3 Å². The molecule has 2 saturated heterocycles. The van der Waals surface area contributed by atoms with Gasteiger partial charge in [0.15, 0.2) is 0 Å². The summed E-state index contributed by atoms with van der Waals surface area (Å²) >= 11 is 0. The molecule has 2 aliphatic heterocycles. The third kappa shape index (κ3) is 5.19. The van der Waals surface area contributed by atoms with Gasteiger partial charge in [-0.25, -0.2) is 0 Å². The summed E-state index contributed by atoms with van der Waals surface area (Å²) in [6, 6.07) is 7.99. The van der Waals surface area contributed by atoms with Crippen molar-refractivity contribution in [2.24, 2.45) is 5.92 Å². The summed E-state index contributed by atoms with van der Waals surface area (Å²) in [6.45, 7) is 8.78. The summed E-state index contributed by atoms with van der Waals surface area (Å²) in [6.07, 6.45) is 3.61. The van der Waals surface area contributed by atoms with E-state index < -0.39 is 0 Å². The Balaban J connectivity index is 1.40. The molecule has 1 unspecified atom stereocenters. The first-order valence-corrected chi connectivity index (χ1v) is 9.48. The number of amides is 1. The Labute approximate surface area is 150 Å². The number of carbonyl (C=O) groups excluding carboxylic acids is 1. The molecule has 2 aliphatic rings. The van der Waals surface area contributed by atoms with Gasteiger partial charge >= 0.3 is 0 Å². The molecule has 25 heavy (non-hydrogen) atoms. The molecule has 1 aromatic carbocycles. The van der Waals surface area contributed by atoms with Crippen LogP contribution in [0.5, 0.6) is 5.75 Å². The third-order valence-corrected chi connectivity index (χ3v) is 5.11. The van der Waals surface area contributed by atoms with Gasteiger partial charge in [-0.05, 0) is 76.4 Å². The van der Waals surface area contributed by atoms with Crippen molar-refractivity contribution in [1.82, 2.24) is 10.2 Å². The summed E-state index contributed by atoms with van der Waals surface area (Å²) in [5.74, 6) is 1.38. The summed E-state index contributed by atoms with van der Waals surface area (Å²) in [5.41, 5.74) is 0.691. The smallest absolute Gasteiger partial charge is 0.251 e. The Morgan fingerprint density at radius 3 is 2.56 bits per heavy atom. The molecule has 1 amide bonds. The lowest BCUT2D eigenvalue weighted by Gasteiger charge is -2.35. The number of piperidine rings is 1. The maximum Gasteiger partial charge on any atom is 0.251 e. The van der Waals surface area contributed by atoms with Gasteiger partial charge in [-0.1, -0.05) is 0 Å². The molecule has 5 nitrogen and oxygen atoms in total. The van der Waals surface area contributed by atoms with Crippen LogP contribution in [0.4, 0.5) is 0 Å². The van der Waals surface area contributed by atoms with Crippen molar-refractivity contribution in [3.05, 3.63) is 29.8 Å². The summed E-state index contributed by atoms with van der Waals surface area (Å²) in [5, 5.41) is 3.09. The fourth-order valence-electron chi connectivity index (χ4n) is 3.63. The van der Waals surface area contributed by atoms with Crippen LogP contribution in [-0.4, -0.2) is 55.8 Å². The van der Waals surface area contributed by atoms with E-state index in [-0.39, 0.29) is 12.0 Å². The number of ether oxygens (including phenoxy) is 2. The number of likely N-dealkylation sites (tertiary alicyclic amines) is 1. The number of carbonyl (C=O) groups is 1. The van der Waals surface area contributed by atoms with Crippen LogP contribution in [0.3, 0.4) is 0 Å². The predicted molar refractivity (Wildman–Crippen MR) is 98.1 cm³/mol. The lowest BCUT2D eigenvalue weighted by molar-refractivity contribution is 0.0911. The minimum atomic E-state index is 0.00252. The van der Waals surface area contributed by atoms with Crippen molar-refractivity contribution in [3.63, 3.8) is 0 Å². The van der Waals surface area contributed by atoms with Gasteiger partial charge in [0.1, 0.15) is 5.75 Å². The molecule has 3 rings (SSSR count). The van der Waals surface area contributed by atoms with Crippen LogP contribution in [0.1, 0.15) is 43.5 Å². The molecule has 0 saturated carbocycles. The minimum absolute atomic E-state index is 0.00252. The van der Waals surface area contributed by atoms with Gasteiger partial charge in [0, 0.05) is 24.8 Å². The van der Waals surface area contributed by atoms with E-state index in [4.69, 9.17) is 9.47 Å². The molecule has 1 N–H and O–H groups in total. The number of benzene rings is 1. The summed E-state index contributed by atoms with van der Waals surface area (Å²) < 4.78 is 11.1. The Kier molecular flexibility index (Phi) is 6.32. The maximum atomic E-state index is 12.3. The zero-order chi connectivity index (χ0) is 17.6. The molecule has 2 heterocycles. The standard InChI is InChI=1S/C20H30N2O3/c1-15(2)25-19-5-3-17(4-6-19)20(23)21-13-16-7-10-22(11-8-16)18-9-12-24-14-18/h3-6,15-16,18H,7-14H2,1-2H3,(H,21,23). The Bertz CT molecular complexity index is 545. The van der Waals surface area contributed by atoms with Crippen LogP contribution in [0, 0.1) is 5.92 Å². The second-order valence-electron chi connectivity index (χ2n) is 7.40. The Morgan fingerprint density at radius 1 is 1.24 bits per heavy atom. The van der Waals surface area contributed by atoms with E-state index in [0.717, 1.165) is 57.9 Å². The molecule has 0 spiro atoms. The first-order valence-electron chi connectivity index (χ1n) is 9.48. The van der Waals surface area contributed by atoms with Crippen molar-refractivity contribution < 1.29 is 14.3 Å². The summed E-state index contributed by atoms with van der Waals surface area (Å²) in [4.78, 5) is 14.9. The van der Waals surface area contributed by atoms with Crippen molar-refractivity contribution >= 4 is 5.91 Å². The number of hydrogen-bond donors (Lipinski definition) is 1. The second-order valence-corrected chi connectivity index (χ2v) is 7.40. The number of nitrogens with one attached hydrogen (secondary N) is 1. The van der Waals surface area contributed by atoms with Gasteiger partial charge in [-0.15, -0.1) is 0 Å². The largest absolute Gasteiger partial charge is 0.491 e. The highest BCUT2D eigenvalue weighted by molar-refractivity contribution is 5.94. The average Bonchev–Trinajstić information content (AvgIpc) is 3.15. The SMILES string of the molecule is CC(C)Oc1ccc(C(=O)NCC2CCN(C3CCOC3)CC2)cc1.